The number of aliphatic hydroxyl groups excluding tert-OH is 1. The van der Waals surface area contributed by atoms with Gasteiger partial charge in [0.2, 0.25) is 0 Å². The van der Waals surface area contributed by atoms with E-state index < -0.39 is 12.4 Å². The largest absolute Gasteiger partial charge is 0.382 e. The lowest BCUT2D eigenvalue weighted by Gasteiger charge is -2.18. The maximum atomic E-state index is 9.63. The van der Waals surface area contributed by atoms with Gasteiger partial charge in [0.15, 0.2) is 6.29 Å². The third kappa shape index (κ3) is 2.04. The van der Waals surface area contributed by atoms with Crippen LogP contribution in [0.15, 0.2) is 17.5 Å². The van der Waals surface area contributed by atoms with E-state index in [9.17, 15) is 5.11 Å². The van der Waals surface area contributed by atoms with Crippen LogP contribution in [0.4, 0.5) is 0 Å². The summed E-state index contributed by atoms with van der Waals surface area (Å²) in [6.07, 6.45) is -1.27. The van der Waals surface area contributed by atoms with Gasteiger partial charge in [0, 0.05) is 19.1 Å². The zero-order chi connectivity index (χ0) is 8.97. The lowest BCUT2D eigenvalue weighted by Crippen LogP contribution is -2.21. The molecule has 1 aromatic heterocycles. The molecule has 0 radical (unpaired) electrons. The van der Waals surface area contributed by atoms with Gasteiger partial charge < -0.3 is 14.6 Å². The van der Waals surface area contributed by atoms with Crippen LogP contribution in [0.5, 0.6) is 0 Å². The van der Waals surface area contributed by atoms with Crippen LogP contribution in [0.25, 0.3) is 0 Å². The van der Waals surface area contributed by atoms with Gasteiger partial charge >= 0.3 is 0 Å². The minimum Gasteiger partial charge on any atom is -0.382 e. The summed E-state index contributed by atoms with van der Waals surface area (Å²) >= 11 is 1.48. The average molecular weight is 188 g/mol. The lowest BCUT2D eigenvalue weighted by atomic mass is 10.3. The molecule has 12 heavy (non-hydrogen) atoms. The van der Waals surface area contributed by atoms with E-state index in [0.717, 1.165) is 4.88 Å². The highest BCUT2D eigenvalue weighted by molar-refractivity contribution is 7.10. The maximum Gasteiger partial charge on any atom is 0.187 e. The fourth-order valence-electron chi connectivity index (χ4n) is 0.948. The van der Waals surface area contributed by atoms with E-state index in [-0.39, 0.29) is 0 Å². The highest BCUT2D eigenvalue weighted by Crippen LogP contribution is 2.23. The Kier molecular flexibility index (Phi) is 3.68. The molecule has 0 aliphatic heterocycles. The number of rotatable bonds is 4. The second kappa shape index (κ2) is 4.57. The van der Waals surface area contributed by atoms with Gasteiger partial charge in [-0.25, -0.2) is 0 Å². The van der Waals surface area contributed by atoms with Crippen molar-refractivity contribution in [2.75, 3.05) is 14.2 Å². The van der Waals surface area contributed by atoms with Gasteiger partial charge in [0.25, 0.3) is 0 Å². The molecule has 0 aliphatic carbocycles. The van der Waals surface area contributed by atoms with Gasteiger partial charge in [0.1, 0.15) is 6.10 Å². The molecule has 68 valence electrons. The van der Waals surface area contributed by atoms with Gasteiger partial charge in [-0.3, -0.25) is 0 Å². The Morgan fingerprint density at radius 2 is 2.08 bits per heavy atom. The molecule has 1 rings (SSSR count). The van der Waals surface area contributed by atoms with Crippen LogP contribution in [0.2, 0.25) is 0 Å². The summed E-state index contributed by atoms with van der Waals surface area (Å²) in [6.45, 7) is 0. The normalized spacial score (nSPS) is 13.7. The lowest BCUT2D eigenvalue weighted by molar-refractivity contribution is -0.165. The Morgan fingerprint density at radius 1 is 1.42 bits per heavy atom. The smallest absolute Gasteiger partial charge is 0.187 e. The van der Waals surface area contributed by atoms with Crippen molar-refractivity contribution in [2.45, 2.75) is 12.4 Å². The molecular formula is C8H12O3S. The fourth-order valence-corrected chi connectivity index (χ4v) is 1.67. The Hall–Kier alpha value is -0.420. The predicted octanol–water partition coefficient (Wildman–Crippen LogP) is 1.40. The first kappa shape index (κ1) is 9.67. The number of hydrogen-bond acceptors (Lipinski definition) is 4. The van der Waals surface area contributed by atoms with Crippen molar-refractivity contribution in [3.05, 3.63) is 22.4 Å². The van der Waals surface area contributed by atoms with Gasteiger partial charge in [-0.05, 0) is 11.4 Å². The van der Waals surface area contributed by atoms with Gasteiger partial charge in [-0.1, -0.05) is 6.07 Å². The van der Waals surface area contributed by atoms with Crippen LogP contribution in [0.3, 0.4) is 0 Å². The van der Waals surface area contributed by atoms with Crippen LogP contribution >= 0.6 is 11.3 Å². The molecule has 1 unspecified atom stereocenters. The molecular weight excluding hydrogens is 176 g/mol. The molecule has 1 aromatic rings. The maximum absolute atomic E-state index is 9.63. The molecule has 4 heteroatoms. The Bertz CT molecular complexity index is 206. The van der Waals surface area contributed by atoms with Crippen molar-refractivity contribution < 1.29 is 14.6 Å². The third-order valence-corrected chi connectivity index (χ3v) is 2.50. The van der Waals surface area contributed by atoms with Crippen LogP contribution in [0, 0.1) is 0 Å². The monoisotopic (exact) mass is 188 g/mol. The van der Waals surface area contributed by atoms with E-state index in [1.807, 2.05) is 17.5 Å². The van der Waals surface area contributed by atoms with E-state index in [4.69, 9.17) is 9.47 Å². The van der Waals surface area contributed by atoms with Crippen molar-refractivity contribution in [1.29, 1.82) is 0 Å². The number of methoxy groups -OCH3 is 2. The van der Waals surface area contributed by atoms with Crippen LogP contribution in [-0.2, 0) is 9.47 Å². The molecule has 0 fully saturated rings. The highest BCUT2D eigenvalue weighted by atomic mass is 32.1. The Morgan fingerprint density at radius 3 is 2.50 bits per heavy atom. The predicted molar refractivity (Wildman–Crippen MR) is 47.1 cm³/mol. The van der Waals surface area contributed by atoms with Gasteiger partial charge in [-0.15, -0.1) is 11.3 Å². The molecule has 0 aromatic carbocycles. The van der Waals surface area contributed by atoms with E-state index in [1.54, 1.807) is 0 Å². The molecule has 0 spiro atoms. The number of aliphatic hydroxyl groups is 1. The first-order chi connectivity index (χ1) is 5.79. The zero-order valence-electron chi connectivity index (χ0n) is 7.06. The third-order valence-electron chi connectivity index (χ3n) is 1.56. The van der Waals surface area contributed by atoms with Crippen molar-refractivity contribution >= 4 is 11.3 Å². The molecule has 0 amide bonds. The Balaban J connectivity index is 2.63. The van der Waals surface area contributed by atoms with Crippen molar-refractivity contribution in [3.63, 3.8) is 0 Å². The molecule has 1 heterocycles. The standard InChI is InChI=1S/C8H12O3S/c1-10-8(11-2)7(9)6-4-3-5-12-6/h3-5,7-9H,1-2H3. The molecule has 3 nitrogen and oxygen atoms in total. The second-order valence-electron chi connectivity index (χ2n) is 2.30. The minimum atomic E-state index is -0.694. The minimum absolute atomic E-state index is 0.580. The zero-order valence-corrected chi connectivity index (χ0v) is 7.88. The van der Waals surface area contributed by atoms with Gasteiger partial charge in [-0.2, -0.15) is 0 Å². The van der Waals surface area contributed by atoms with Crippen molar-refractivity contribution in [1.82, 2.24) is 0 Å². The van der Waals surface area contributed by atoms with Crippen LogP contribution in [-0.4, -0.2) is 25.6 Å². The van der Waals surface area contributed by atoms with Crippen molar-refractivity contribution in [3.8, 4) is 0 Å². The summed E-state index contributed by atoms with van der Waals surface area (Å²) in [7, 11) is 3.01. The van der Waals surface area contributed by atoms with E-state index >= 15 is 0 Å². The fraction of sp³-hybridized carbons (Fsp3) is 0.500. The summed E-state index contributed by atoms with van der Waals surface area (Å²) in [4.78, 5) is 0.851. The molecule has 0 aliphatic rings. The summed E-state index contributed by atoms with van der Waals surface area (Å²) in [6, 6.07) is 3.73. The average Bonchev–Trinajstić information content (AvgIpc) is 2.58. The topological polar surface area (TPSA) is 38.7 Å². The summed E-state index contributed by atoms with van der Waals surface area (Å²) in [5.74, 6) is 0. The highest BCUT2D eigenvalue weighted by Gasteiger charge is 2.20. The Labute approximate surface area is 75.6 Å². The quantitative estimate of drug-likeness (QED) is 0.726. The van der Waals surface area contributed by atoms with E-state index in [1.165, 1.54) is 25.6 Å². The molecule has 0 saturated carbocycles. The number of hydrogen-bond donors (Lipinski definition) is 1. The second-order valence-corrected chi connectivity index (χ2v) is 3.28. The molecule has 0 bridgehead atoms. The molecule has 1 N–H and O–H groups in total. The van der Waals surface area contributed by atoms with Gasteiger partial charge in [0.05, 0.1) is 0 Å². The SMILES string of the molecule is COC(OC)C(O)c1cccs1. The molecule has 1 atom stereocenters. The number of thiophene rings is 1. The van der Waals surface area contributed by atoms with Crippen molar-refractivity contribution in [2.24, 2.45) is 0 Å². The number of ether oxygens (including phenoxy) is 2. The first-order valence-corrected chi connectivity index (χ1v) is 4.44. The molecule has 0 saturated heterocycles. The summed E-state index contributed by atoms with van der Waals surface area (Å²) in [5, 5.41) is 11.5. The van der Waals surface area contributed by atoms with Crippen LogP contribution < -0.4 is 0 Å². The summed E-state index contributed by atoms with van der Waals surface area (Å²) < 4.78 is 9.84. The summed E-state index contributed by atoms with van der Waals surface area (Å²) in [5.41, 5.74) is 0. The van der Waals surface area contributed by atoms with Crippen LogP contribution in [0.1, 0.15) is 11.0 Å². The first-order valence-electron chi connectivity index (χ1n) is 3.56. The van der Waals surface area contributed by atoms with E-state index in [2.05, 4.69) is 0 Å². The van der Waals surface area contributed by atoms with E-state index in [0.29, 0.717) is 0 Å².